The highest BCUT2D eigenvalue weighted by atomic mass is 16.1. The lowest BCUT2D eigenvalue weighted by molar-refractivity contribution is 0.0949. The maximum Gasteiger partial charge on any atom is 0.253 e. The molecule has 0 saturated heterocycles. The molecule has 2 heterocycles. The van der Waals surface area contributed by atoms with Crippen LogP contribution in [-0.4, -0.2) is 31.7 Å². The molecule has 7 heteroatoms. The molecule has 4 rings (SSSR count). The second kappa shape index (κ2) is 6.72. The van der Waals surface area contributed by atoms with E-state index in [1.807, 2.05) is 41.0 Å². The van der Waals surface area contributed by atoms with Crippen LogP contribution in [0.25, 0.3) is 5.69 Å². The third-order valence-corrected chi connectivity index (χ3v) is 4.01. The molecule has 0 radical (unpaired) electrons. The van der Waals surface area contributed by atoms with E-state index in [0.717, 1.165) is 11.5 Å². The largest absolute Gasteiger partial charge is 0.367 e. The summed E-state index contributed by atoms with van der Waals surface area (Å²) in [5.41, 5.74) is 1.47. The number of benzene rings is 1. The van der Waals surface area contributed by atoms with Gasteiger partial charge in [0.1, 0.15) is 12.1 Å². The average Bonchev–Trinajstić information content (AvgIpc) is 3.34. The van der Waals surface area contributed by atoms with Crippen molar-refractivity contribution in [3.8, 4) is 5.69 Å². The molecular weight excluding hydrogens is 316 g/mol. The fourth-order valence-corrected chi connectivity index (χ4v) is 2.50. The van der Waals surface area contributed by atoms with Crippen molar-refractivity contribution in [3.05, 3.63) is 66.4 Å². The Morgan fingerprint density at radius 3 is 2.72 bits per heavy atom. The van der Waals surface area contributed by atoms with Crippen molar-refractivity contribution in [1.29, 1.82) is 0 Å². The first-order chi connectivity index (χ1) is 12.3. The predicted octanol–water partition coefficient (Wildman–Crippen LogP) is 2.17. The number of nitrogens with one attached hydrogen (secondary N) is 2. The fourth-order valence-electron chi connectivity index (χ4n) is 2.50. The Kier molecular flexibility index (Phi) is 4.12. The van der Waals surface area contributed by atoms with E-state index in [1.54, 1.807) is 18.6 Å². The van der Waals surface area contributed by atoms with Gasteiger partial charge >= 0.3 is 0 Å². The summed E-state index contributed by atoms with van der Waals surface area (Å²) in [6, 6.07) is 13.9. The molecule has 2 aromatic heterocycles. The van der Waals surface area contributed by atoms with Crippen molar-refractivity contribution in [2.24, 2.45) is 0 Å². The lowest BCUT2D eigenvalue weighted by Crippen LogP contribution is -2.24. The maximum absolute atomic E-state index is 12.3. The highest BCUT2D eigenvalue weighted by molar-refractivity contribution is 5.93. The number of rotatable bonds is 6. The summed E-state index contributed by atoms with van der Waals surface area (Å²) in [5.74, 6) is 1.29. The van der Waals surface area contributed by atoms with Crippen molar-refractivity contribution < 1.29 is 4.79 Å². The molecule has 1 fully saturated rings. The fraction of sp³-hybridized carbons (Fsp3) is 0.222. The Morgan fingerprint density at radius 1 is 1.16 bits per heavy atom. The van der Waals surface area contributed by atoms with Crippen LogP contribution in [0.2, 0.25) is 0 Å². The number of carbonyl (C=O) groups is 1. The van der Waals surface area contributed by atoms with Crippen molar-refractivity contribution in [3.63, 3.8) is 0 Å². The number of amides is 1. The summed E-state index contributed by atoms with van der Waals surface area (Å²) < 4.78 is 1.85. The van der Waals surface area contributed by atoms with Gasteiger partial charge in [0.2, 0.25) is 0 Å². The van der Waals surface area contributed by atoms with Crippen LogP contribution in [0, 0.1) is 0 Å². The van der Waals surface area contributed by atoms with E-state index in [1.165, 1.54) is 12.8 Å². The first-order valence-corrected chi connectivity index (χ1v) is 8.25. The normalized spacial score (nSPS) is 13.4. The minimum atomic E-state index is -0.187. The van der Waals surface area contributed by atoms with Crippen LogP contribution in [0.4, 0.5) is 5.82 Å². The van der Waals surface area contributed by atoms with Crippen LogP contribution in [0.1, 0.15) is 29.0 Å². The standard InChI is InChI=1S/C18H18N6O/c25-18(13-6-9-16(19-10-13)22-14-7-8-14)20-11-17-23-21-12-24(17)15-4-2-1-3-5-15/h1-6,9-10,12,14H,7-8,11H2,(H,19,22)(H,20,25). The Labute approximate surface area is 145 Å². The molecule has 2 N–H and O–H groups in total. The zero-order valence-corrected chi connectivity index (χ0v) is 13.6. The van der Waals surface area contributed by atoms with E-state index in [0.29, 0.717) is 17.4 Å². The number of nitrogens with zero attached hydrogens (tertiary/aromatic N) is 4. The summed E-state index contributed by atoms with van der Waals surface area (Å²) in [7, 11) is 0. The van der Waals surface area contributed by atoms with E-state index in [-0.39, 0.29) is 12.5 Å². The quantitative estimate of drug-likeness (QED) is 0.722. The maximum atomic E-state index is 12.3. The Bertz CT molecular complexity index is 855. The van der Waals surface area contributed by atoms with Gasteiger partial charge in [-0.1, -0.05) is 18.2 Å². The number of carbonyl (C=O) groups excluding carboxylic acids is 1. The Balaban J connectivity index is 1.40. The van der Waals surface area contributed by atoms with Gasteiger partial charge in [-0.2, -0.15) is 0 Å². The van der Waals surface area contributed by atoms with Gasteiger partial charge in [0, 0.05) is 17.9 Å². The first-order valence-electron chi connectivity index (χ1n) is 8.25. The third kappa shape index (κ3) is 3.65. The second-order valence-electron chi connectivity index (χ2n) is 5.99. The molecule has 0 atom stereocenters. The zero-order valence-electron chi connectivity index (χ0n) is 13.6. The van der Waals surface area contributed by atoms with Crippen molar-refractivity contribution in [1.82, 2.24) is 25.1 Å². The van der Waals surface area contributed by atoms with E-state index in [4.69, 9.17) is 0 Å². The van der Waals surface area contributed by atoms with Gasteiger partial charge in [-0.3, -0.25) is 9.36 Å². The Morgan fingerprint density at radius 2 is 2.00 bits per heavy atom. The molecule has 3 aromatic rings. The van der Waals surface area contributed by atoms with E-state index in [9.17, 15) is 4.79 Å². The molecular formula is C18H18N6O. The van der Waals surface area contributed by atoms with E-state index >= 15 is 0 Å². The molecule has 1 amide bonds. The van der Waals surface area contributed by atoms with E-state index in [2.05, 4.69) is 25.8 Å². The molecule has 0 unspecified atom stereocenters. The molecule has 1 saturated carbocycles. The summed E-state index contributed by atoms with van der Waals surface area (Å²) in [5, 5.41) is 14.2. The molecule has 25 heavy (non-hydrogen) atoms. The number of para-hydroxylation sites is 1. The number of hydrogen-bond donors (Lipinski definition) is 2. The van der Waals surface area contributed by atoms with Gasteiger partial charge in [0.05, 0.1) is 12.1 Å². The molecule has 7 nitrogen and oxygen atoms in total. The van der Waals surface area contributed by atoms with Crippen molar-refractivity contribution in [2.45, 2.75) is 25.4 Å². The molecule has 0 aliphatic heterocycles. The monoisotopic (exact) mass is 334 g/mol. The van der Waals surface area contributed by atoms with Gasteiger partial charge in [-0.25, -0.2) is 4.98 Å². The van der Waals surface area contributed by atoms with Crippen LogP contribution >= 0.6 is 0 Å². The Hall–Kier alpha value is -3.22. The second-order valence-corrected chi connectivity index (χ2v) is 5.99. The first kappa shape index (κ1) is 15.3. The summed E-state index contributed by atoms with van der Waals surface area (Å²) in [6.45, 7) is 0.288. The zero-order chi connectivity index (χ0) is 17.1. The van der Waals surface area contributed by atoms with Gasteiger partial charge in [-0.05, 0) is 37.1 Å². The SMILES string of the molecule is O=C(NCc1nncn1-c1ccccc1)c1ccc(NC2CC2)nc1. The molecule has 0 bridgehead atoms. The molecule has 1 aliphatic rings. The minimum absolute atomic E-state index is 0.187. The highest BCUT2D eigenvalue weighted by Gasteiger charge is 2.21. The number of anilines is 1. The van der Waals surface area contributed by atoms with Crippen LogP contribution in [0.3, 0.4) is 0 Å². The predicted molar refractivity (Wildman–Crippen MR) is 93.4 cm³/mol. The van der Waals surface area contributed by atoms with Crippen LogP contribution in [0.15, 0.2) is 55.0 Å². The van der Waals surface area contributed by atoms with Crippen LogP contribution in [-0.2, 0) is 6.54 Å². The molecule has 126 valence electrons. The topological polar surface area (TPSA) is 84.7 Å². The summed E-state index contributed by atoms with van der Waals surface area (Å²) in [4.78, 5) is 16.6. The summed E-state index contributed by atoms with van der Waals surface area (Å²) in [6.07, 6.45) is 5.59. The lowest BCUT2D eigenvalue weighted by Gasteiger charge is -2.08. The van der Waals surface area contributed by atoms with Crippen molar-refractivity contribution in [2.75, 3.05) is 5.32 Å². The number of hydrogen-bond acceptors (Lipinski definition) is 5. The molecule has 1 aliphatic carbocycles. The van der Waals surface area contributed by atoms with Gasteiger partial charge < -0.3 is 10.6 Å². The average molecular weight is 334 g/mol. The third-order valence-electron chi connectivity index (χ3n) is 4.01. The number of pyridine rings is 1. The molecule has 1 aromatic carbocycles. The van der Waals surface area contributed by atoms with Crippen LogP contribution < -0.4 is 10.6 Å². The van der Waals surface area contributed by atoms with Gasteiger partial charge in [0.15, 0.2) is 5.82 Å². The van der Waals surface area contributed by atoms with Gasteiger partial charge in [0.25, 0.3) is 5.91 Å². The molecule has 0 spiro atoms. The van der Waals surface area contributed by atoms with E-state index < -0.39 is 0 Å². The van der Waals surface area contributed by atoms with Crippen LogP contribution in [0.5, 0.6) is 0 Å². The van der Waals surface area contributed by atoms with Gasteiger partial charge in [-0.15, -0.1) is 10.2 Å². The number of aromatic nitrogens is 4. The minimum Gasteiger partial charge on any atom is -0.367 e. The smallest absolute Gasteiger partial charge is 0.253 e. The highest BCUT2D eigenvalue weighted by Crippen LogP contribution is 2.23. The lowest BCUT2D eigenvalue weighted by atomic mass is 10.2. The van der Waals surface area contributed by atoms with Crippen molar-refractivity contribution >= 4 is 11.7 Å². The summed E-state index contributed by atoms with van der Waals surface area (Å²) >= 11 is 0.